The van der Waals surface area contributed by atoms with Crippen LogP contribution in [0.5, 0.6) is 11.5 Å². The van der Waals surface area contributed by atoms with E-state index >= 15 is 0 Å². The lowest BCUT2D eigenvalue weighted by molar-refractivity contribution is -0.134. The Morgan fingerprint density at radius 3 is 2.39 bits per heavy atom. The molecule has 7 nitrogen and oxygen atoms in total. The fourth-order valence-corrected chi connectivity index (χ4v) is 5.12. The summed E-state index contributed by atoms with van der Waals surface area (Å²) in [6.07, 6.45) is 0.582. The molecule has 5 rings (SSSR count). The number of anilines is 1. The van der Waals surface area contributed by atoms with Crippen LogP contribution in [0.3, 0.4) is 0 Å². The van der Waals surface area contributed by atoms with Crippen molar-refractivity contribution in [1.82, 2.24) is 9.91 Å². The first-order valence-electron chi connectivity index (χ1n) is 12.9. The SMILES string of the molecule is COc1ccc([C@@H]2CC(c3ccc(C)cc3)=NN2C(=O)CN2CCN(c3ccccc3F)CC2)c(OC)c1. The second-order valence-electron chi connectivity index (χ2n) is 9.69. The smallest absolute Gasteiger partial charge is 0.257 e. The number of carbonyl (C=O) groups excluding carboxylic acids is 1. The summed E-state index contributed by atoms with van der Waals surface area (Å²) >= 11 is 0. The molecule has 3 aromatic rings. The van der Waals surface area contributed by atoms with Gasteiger partial charge in [-0.1, -0.05) is 42.0 Å². The Morgan fingerprint density at radius 1 is 0.974 bits per heavy atom. The summed E-state index contributed by atoms with van der Waals surface area (Å²) in [5.74, 6) is 1.05. The Bertz CT molecular complexity index is 1320. The second kappa shape index (κ2) is 11.2. The van der Waals surface area contributed by atoms with Crippen LogP contribution < -0.4 is 14.4 Å². The molecular weight excluding hydrogens is 483 g/mol. The highest BCUT2D eigenvalue weighted by atomic mass is 19.1. The first-order valence-corrected chi connectivity index (χ1v) is 12.9. The van der Waals surface area contributed by atoms with Crippen LogP contribution in [0.1, 0.15) is 29.2 Å². The Hall–Kier alpha value is -3.91. The standard InChI is InChI=1S/C30H33FN4O3/c1-21-8-10-22(11-9-21)26-19-28(24-13-12-23(37-2)18-29(24)38-3)35(32-26)30(36)20-33-14-16-34(17-15-33)27-7-5-4-6-25(27)31/h4-13,18,28H,14-17,19-20H2,1-3H3/t28-/m0/s1. The topological polar surface area (TPSA) is 57.6 Å². The number of para-hydroxylation sites is 1. The number of amides is 1. The van der Waals surface area contributed by atoms with Crippen LogP contribution in [-0.4, -0.2) is 68.5 Å². The van der Waals surface area contributed by atoms with E-state index < -0.39 is 0 Å². The molecule has 0 N–H and O–H groups in total. The highest BCUT2D eigenvalue weighted by Gasteiger charge is 2.36. The van der Waals surface area contributed by atoms with Gasteiger partial charge in [0.1, 0.15) is 17.3 Å². The van der Waals surface area contributed by atoms with Gasteiger partial charge in [0.25, 0.3) is 5.91 Å². The van der Waals surface area contributed by atoms with E-state index in [9.17, 15) is 9.18 Å². The maximum Gasteiger partial charge on any atom is 0.257 e. The lowest BCUT2D eigenvalue weighted by Crippen LogP contribution is -2.49. The molecule has 198 valence electrons. The first-order chi connectivity index (χ1) is 18.5. The van der Waals surface area contributed by atoms with E-state index in [1.807, 2.05) is 48.2 Å². The largest absolute Gasteiger partial charge is 0.497 e. The van der Waals surface area contributed by atoms with Gasteiger partial charge in [0.15, 0.2) is 0 Å². The Labute approximate surface area is 223 Å². The minimum atomic E-state index is -0.292. The van der Waals surface area contributed by atoms with Crippen molar-refractivity contribution in [2.24, 2.45) is 5.10 Å². The molecule has 2 aliphatic rings. The molecule has 0 aliphatic carbocycles. The number of rotatable bonds is 7. The van der Waals surface area contributed by atoms with E-state index in [0.717, 1.165) is 16.8 Å². The van der Waals surface area contributed by atoms with Crippen molar-refractivity contribution in [2.75, 3.05) is 51.8 Å². The van der Waals surface area contributed by atoms with Crippen molar-refractivity contribution in [1.29, 1.82) is 0 Å². The van der Waals surface area contributed by atoms with Crippen molar-refractivity contribution in [3.63, 3.8) is 0 Å². The zero-order valence-corrected chi connectivity index (χ0v) is 22.1. The van der Waals surface area contributed by atoms with E-state index in [1.165, 1.54) is 11.6 Å². The van der Waals surface area contributed by atoms with Gasteiger partial charge >= 0.3 is 0 Å². The van der Waals surface area contributed by atoms with Gasteiger partial charge in [-0.3, -0.25) is 9.69 Å². The maximum atomic E-state index is 14.2. The highest BCUT2D eigenvalue weighted by Crippen LogP contribution is 2.39. The minimum Gasteiger partial charge on any atom is -0.497 e. The zero-order chi connectivity index (χ0) is 26.6. The monoisotopic (exact) mass is 516 g/mol. The third kappa shape index (κ3) is 5.36. The molecule has 0 bridgehead atoms. The average molecular weight is 517 g/mol. The van der Waals surface area contributed by atoms with Gasteiger partial charge < -0.3 is 14.4 Å². The summed E-state index contributed by atoms with van der Waals surface area (Å²) in [7, 11) is 3.24. The van der Waals surface area contributed by atoms with E-state index in [2.05, 4.69) is 17.0 Å². The summed E-state index contributed by atoms with van der Waals surface area (Å²) in [6, 6.07) is 20.4. The van der Waals surface area contributed by atoms with Crippen molar-refractivity contribution >= 4 is 17.3 Å². The molecule has 3 aromatic carbocycles. The van der Waals surface area contributed by atoms with Crippen LogP contribution in [0.25, 0.3) is 0 Å². The van der Waals surface area contributed by atoms with Gasteiger partial charge in [-0.25, -0.2) is 9.40 Å². The molecule has 1 atom stereocenters. The molecular formula is C30H33FN4O3. The summed E-state index contributed by atoms with van der Waals surface area (Å²) < 4.78 is 25.3. The molecule has 0 aromatic heterocycles. The fourth-order valence-electron chi connectivity index (χ4n) is 5.12. The number of benzene rings is 3. The molecule has 0 spiro atoms. The van der Waals surface area contributed by atoms with E-state index in [0.29, 0.717) is 49.8 Å². The Morgan fingerprint density at radius 2 is 1.71 bits per heavy atom. The molecule has 0 radical (unpaired) electrons. The van der Waals surface area contributed by atoms with Crippen LogP contribution in [0.2, 0.25) is 0 Å². The third-order valence-electron chi connectivity index (χ3n) is 7.27. The number of aryl methyl sites for hydroxylation is 1. The second-order valence-corrected chi connectivity index (χ2v) is 9.69. The molecule has 2 heterocycles. The number of hydrogen-bond donors (Lipinski definition) is 0. The molecule has 2 aliphatic heterocycles. The molecule has 1 saturated heterocycles. The maximum absolute atomic E-state index is 14.2. The van der Waals surface area contributed by atoms with Crippen molar-refractivity contribution in [3.05, 3.63) is 89.2 Å². The Balaban J connectivity index is 1.35. The van der Waals surface area contributed by atoms with Gasteiger partial charge in [0.2, 0.25) is 0 Å². The van der Waals surface area contributed by atoms with Gasteiger partial charge in [0.05, 0.1) is 38.2 Å². The van der Waals surface area contributed by atoms with Crippen LogP contribution in [-0.2, 0) is 4.79 Å². The summed E-state index contributed by atoms with van der Waals surface area (Å²) in [6.45, 7) is 4.93. The van der Waals surface area contributed by atoms with E-state index in [1.54, 1.807) is 31.4 Å². The number of hydrazone groups is 1. The number of ether oxygens (including phenoxy) is 2. The normalized spacial score (nSPS) is 17.9. The lowest BCUT2D eigenvalue weighted by atomic mass is 9.97. The van der Waals surface area contributed by atoms with Crippen molar-refractivity contribution in [2.45, 2.75) is 19.4 Å². The third-order valence-corrected chi connectivity index (χ3v) is 7.27. The van der Waals surface area contributed by atoms with E-state index in [4.69, 9.17) is 14.6 Å². The van der Waals surface area contributed by atoms with Crippen molar-refractivity contribution < 1.29 is 18.7 Å². The zero-order valence-electron chi connectivity index (χ0n) is 22.1. The number of hydrogen-bond acceptors (Lipinski definition) is 6. The number of piperazine rings is 1. The summed E-state index contributed by atoms with van der Waals surface area (Å²) in [4.78, 5) is 17.8. The molecule has 1 amide bonds. The van der Waals surface area contributed by atoms with Gasteiger partial charge in [-0.15, -0.1) is 0 Å². The molecule has 0 unspecified atom stereocenters. The first kappa shape index (κ1) is 25.7. The lowest BCUT2D eigenvalue weighted by Gasteiger charge is -2.36. The fraction of sp³-hybridized carbons (Fsp3) is 0.333. The van der Waals surface area contributed by atoms with Gasteiger partial charge in [0, 0.05) is 44.2 Å². The molecule has 38 heavy (non-hydrogen) atoms. The molecule has 8 heteroatoms. The number of carbonyl (C=O) groups is 1. The average Bonchev–Trinajstić information content (AvgIpc) is 3.39. The number of methoxy groups -OCH3 is 2. The van der Waals surface area contributed by atoms with Gasteiger partial charge in [-0.05, 0) is 36.8 Å². The predicted molar refractivity (Wildman–Crippen MR) is 147 cm³/mol. The van der Waals surface area contributed by atoms with Crippen molar-refractivity contribution in [3.8, 4) is 11.5 Å². The highest BCUT2D eigenvalue weighted by molar-refractivity contribution is 6.03. The van der Waals surface area contributed by atoms with Gasteiger partial charge in [-0.2, -0.15) is 5.10 Å². The van der Waals surface area contributed by atoms with Crippen LogP contribution in [0.4, 0.5) is 10.1 Å². The summed E-state index contributed by atoms with van der Waals surface area (Å²) in [5, 5.41) is 6.44. The van der Waals surface area contributed by atoms with Crippen LogP contribution in [0.15, 0.2) is 71.8 Å². The predicted octanol–water partition coefficient (Wildman–Crippen LogP) is 4.65. The number of nitrogens with zero attached hydrogens (tertiary/aromatic N) is 4. The van der Waals surface area contributed by atoms with Crippen LogP contribution in [0, 0.1) is 12.7 Å². The van der Waals surface area contributed by atoms with Crippen LogP contribution >= 0.6 is 0 Å². The number of halogens is 1. The molecule has 0 saturated carbocycles. The molecule has 1 fully saturated rings. The van der Waals surface area contributed by atoms with E-state index in [-0.39, 0.29) is 24.3 Å². The minimum absolute atomic E-state index is 0.0747. The quantitative estimate of drug-likeness (QED) is 0.458. The Kier molecular flexibility index (Phi) is 7.60. The summed E-state index contributed by atoms with van der Waals surface area (Å²) in [5.41, 5.74) is 4.53.